The van der Waals surface area contributed by atoms with Crippen LogP contribution in [0, 0.1) is 11.8 Å². The molecule has 13 heavy (non-hydrogen) atoms. The number of hydrogen-bond acceptors (Lipinski definition) is 2. The summed E-state index contributed by atoms with van der Waals surface area (Å²) in [5, 5.41) is 8.89. The maximum atomic E-state index is 11.1. The van der Waals surface area contributed by atoms with Gasteiger partial charge in [0.1, 0.15) is 0 Å². The van der Waals surface area contributed by atoms with Crippen LogP contribution in [0.4, 0.5) is 0 Å². The molecular weight excluding hydrogens is 168 g/mol. The van der Waals surface area contributed by atoms with E-state index in [1.165, 1.54) is 6.08 Å². The minimum atomic E-state index is -0.813. The molecular formula is C10H14O3. The zero-order valence-electron chi connectivity index (χ0n) is 7.91. The van der Waals surface area contributed by atoms with E-state index in [4.69, 9.17) is 5.11 Å². The number of carbonyl (C=O) groups is 2. The number of carboxylic acid groups (broad SMARTS) is 1. The average Bonchev–Trinajstić information content (AvgIpc) is 2.03. The van der Waals surface area contributed by atoms with Crippen molar-refractivity contribution >= 4 is 11.8 Å². The van der Waals surface area contributed by atoms with Crippen molar-refractivity contribution in [1.82, 2.24) is 0 Å². The molecule has 72 valence electrons. The van der Waals surface area contributed by atoms with Crippen LogP contribution in [-0.2, 0) is 9.59 Å². The molecule has 0 radical (unpaired) electrons. The molecule has 0 aromatic heterocycles. The Bertz CT molecular complexity index is 263. The first-order valence-electron chi connectivity index (χ1n) is 4.49. The lowest BCUT2D eigenvalue weighted by atomic mass is 9.81. The third kappa shape index (κ3) is 2.17. The summed E-state index contributed by atoms with van der Waals surface area (Å²) >= 11 is 0. The van der Waals surface area contributed by atoms with Crippen molar-refractivity contribution < 1.29 is 14.7 Å². The molecule has 0 saturated heterocycles. The lowest BCUT2D eigenvalue weighted by Crippen LogP contribution is -2.24. The smallest absolute Gasteiger partial charge is 0.310 e. The van der Waals surface area contributed by atoms with Gasteiger partial charge < -0.3 is 5.11 Å². The minimum absolute atomic E-state index is 0.0567. The first-order chi connectivity index (χ1) is 6.02. The van der Waals surface area contributed by atoms with Crippen molar-refractivity contribution in [3.8, 4) is 0 Å². The molecule has 1 rings (SSSR count). The molecule has 0 spiro atoms. The fraction of sp³-hybridized carbons (Fsp3) is 0.600. The van der Waals surface area contributed by atoms with E-state index in [0.29, 0.717) is 12.8 Å². The summed E-state index contributed by atoms with van der Waals surface area (Å²) in [6.45, 7) is 3.83. The van der Waals surface area contributed by atoms with Gasteiger partial charge in [-0.25, -0.2) is 0 Å². The Balaban J connectivity index is 2.93. The van der Waals surface area contributed by atoms with Gasteiger partial charge in [-0.15, -0.1) is 0 Å². The quantitative estimate of drug-likeness (QED) is 0.706. The van der Waals surface area contributed by atoms with Crippen LogP contribution in [0.25, 0.3) is 0 Å². The highest BCUT2D eigenvalue weighted by Gasteiger charge is 2.28. The molecule has 0 heterocycles. The number of hydrogen-bond donors (Lipinski definition) is 1. The first kappa shape index (κ1) is 9.96. The second-order valence-corrected chi connectivity index (χ2v) is 3.69. The molecule has 3 nitrogen and oxygen atoms in total. The molecule has 1 aliphatic rings. The van der Waals surface area contributed by atoms with Gasteiger partial charge in [-0.1, -0.05) is 19.4 Å². The number of carboxylic acids is 1. The maximum absolute atomic E-state index is 11.1. The fourth-order valence-corrected chi connectivity index (χ4v) is 1.65. The predicted molar refractivity (Wildman–Crippen MR) is 48.3 cm³/mol. The van der Waals surface area contributed by atoms with Crippen molar-refractivity contribution in [1.29, 1.82) is 0 Å². The van der Waals surface area contributed by atoms with Crippen LogP contribution in [0.5, 0.6) is 0 Å². The molecule has 0 aromatic rings. The third-order valence-corrected chi connectivity index (χ3v) is 2.37. The van der Waals surface area contributed by atoms with Crippen molar-refractivity contribution in [3.63, 3.8) is 0 Å². The molecule has 0 aromatic carbocycles. The van der Waals surface area contributed by atoms with Gasteiger partial charge in [0, 0.05) is 6.42 Å². The highest BCUT2D eigenvalue weighted by molar-refractivity contribution is 5.93. The Morgan fingerprint density at radius 1 is 1.62 bits per heavy atom. The summed E-state index contributed by atoms with van der Waals surface area (Å²) in [4.78, 5) is 21.9. The lowest BCUT2D eigenvalue weighted by molar-refractivity contribution is -0.141. The Morgan fingerprint density at radius 3 is 2.69 bits per heavy atom. The summed E-state index contributed by atoms with van der Waals surface area (Å²) in [6.07, 6.45) is 2.33. The molecule has 0 bridgehead atoms. The van der Waals surface area contributed by atoms with Gasteiger partial charge in [0.15, 0.2) is 5.78 Å². The van der Waals surface area contributed by atoms with E-state index >= 15 is 0 Å². The number of aliphatic carboxylic acids is 1. The van der Waals surface area contributed by atoms with E-state index in [9.17, 15) is 9.59 Å². The van der Waals surface area contributed by atoms with Gasteiger partial charge >= 0.3 is 5.97 Å². The highest BCUT2D eigenvalue weighted by atomic mass is 16.4. The van der Waals surface area contributed by atoms with Gasteiger partial charge in [0.05, 0.1) is 5.92 Å². The predicted octanol–water partition coefficient (Wildman–Crippen LogP) is 1.63. The largest absolute Gasteiger partial charge is 0.481 e. The van der Waals surface area contributed by atoms with Gasteiger partial charge in [0.25, 0.3) is 0 Å². The molecule has 1 N–H and O–H groups in total. The molecule has 0 aliphatic heterocycles. The molecule has 0 saturated carbocycles. The van der Waals surface area contributed by atoms with Gasteiger partial charge in [-0.05, 0) is 18.4 Å². The minimum Gasteiger partial charge on any atom is -0.481 e. The topological polar surface area (TPSA) is 54.4 Å². The first-order valence-corrected chi connectivity index (χ1v) is 4.49. The van der Waals surface area contributed by atoms with Crippen LogP contribution in [-0.4, -0.2) is 16.9 Å². The van der Waals surface area contributed by atoms with Crippen molar-refractivity contribution in [2.45, 2.75) is 26.7 Å². The van der Waals surface area contributed by atoms with Crippen molar-refractivity contribution in [2.75, 3.05) is 0 Å². The van der Waals surface area contributed by atoms with E-state index < -0.39 is 11.9 Å². The molecule has 0 amide bonds. The Labute approximate surface area is 77.4 Å². The lowest BCUT2D eigenvalue weighted by Gasteiger charge is -2.22. The summed E-state index contributed by atoms with van der Waals surface area (Å²) < 4.78 is 0. The number of allylic oxidation sites excluding steroid dienone is 1. The van der Waals surface area contributed by atoms with Gasteiger partial charge in [-0.2, -0.15) is 0 Å². The van der Waals surface area contributed by atoms with E-state index in [-0.39, 0.29) is 11.7 Å². The maximum Gasteiger partial charge on any atom is 0.310 e. The van der Waals surface area contributed by atoms with Gasteiger partial charge in [0.2, 0.25) is 0 Å². The van der Waals surface area contributed by atoms with Crippen LogP contribution < -0.4 is 0 Å². The molecule has 1 unspecified atom stereocenters. The Kier molecular flexibility index (Phi) is 2.86. The summed E-state index contributed by atoms with van der Waals surface area (Å²) in [5.74, 6) is -1.06. The molecule has 3 heteroatoms. The van der Waals surface area contributed by atoms with Crippen molar-refractivity contribution in [3.05, 3.63) is 11.6 Å². The summed E-state index contributed by atoms with van der Waals surface area (Å²) in [7, 11) is 0. The highest BCUT2D eigenvalue weighted by Crippen LogP contribution is 2.28. The van der Waals surface area contributed by atoms with E-state index in [2.05, 4.69) is 0 Å². The summed E-state index contributed by atoms with van der Waals surface area (Å²) in [6, 6.07) is 0. The zero-order valence-corrected chi connectivity index (χ0v) is 7.91. The molecule has 1 atom stereocenters. The Hall–Kier alpha value is -1.12. The zero-order chi connectivity index (χ0) is 10.0. The SMILES string of the molecule is CC(C)C1=CC(=O)CCC1C(=O)O. The Morgan fingerprint density at radius 2 is 2.23 bits per heavy atom. The second-order valence-electron chi connectivity index (χ2n) is 3.69. The number of carbonyl (C=O) groups excluding carboxylic acids is 1. The second kappa shape index (κ2) is 3.73. The molecule has 1 aliphatic carbocycles. The normalized spacial score (nSPS) is 23.2. The number of ketones is 1. The van der Waals surface area contributed by atoms with Crippen molar-refractivity contribution in [2.24, 2.45) is 11.8 Å². The van der Waals surface area contributed by atoms with E-state index in [1.807, 2.05) is 13.8 Å². The van der Waals surface area contributed by atoms with Crippen LogP contribution in [0.1, 0.15) is 26.7 Å². The van der Waals surface area contributed by atoms with Crippen LogP contribution in [0.2, 0.25) is 0 Å². The monoisotopic (exact) mass is 182 g/mol. The standard InChI is InChI=1S/C10H14O3/c1-6(2)9-5-7(11)3-4-8(9)10(12)13/h5-6,8H,3-4H2,1-2H3,(H,12,13). The fourth-order valence-electron chi connectivity index (χ4n) is 1.65. The summed E-state index contributed by atoms with van der Waals surface area (Å²) in [5.41, 5.74) is 0.767. The van der Waals surface area contributed by atoms with Crippen LogP contribution >= 0.6 is 0 Å². The van der Waals surface area contributed by atoms with Crippen LogP contribution in [0.3, 0.4) is 0 Å². The van der Waals surface area contributed by atoms with E-state index in [1.54, 1.807) is 0 Å². The average molecular weight is 182 g/mol. The number of rotatable bonds is 2. The van der Waals surface area contributed by atoms with E-state index in [0.717, 1.165) is 5.57 Å². The van der Waals surface area contributed by atoms with Crippen LogP contribution in [0.15, 0.2) is 11.6 Å². The van der Waals surface area contributed by atoms with Gasteiger partial charge in [-0.3, -0.25) is 9.59 Å². The molecule has 0 fully saturated rings. The third-order valence-electron chi connectivity index (χ3n) is 2.37.